The molecule has 1 aromatic carbocycles. The number of benzene rings is 1. The number of hydrogen-bond acceptors (Lipinski definition) is 2. The van der Waals surface area contributed by atoms with E-state index in [0.29, 0.717) is 6.42 Å². The Balaban J connectivity index is 2.59. The summed E-state index contributed by atoms with van der Waals surface area (Å²) in [6, 6.07) is 6.00. The van der Waals surface area contributed by atoms with Crippen molar-refractivity contribution in [3.05, 3.63) is 30.0 Å². The fourth-order valence-electron chi connectivity index (χ4n) is 1.89. The molecule has 0 aliphatic heterocycles. The van der Waals surface area contributed by atoms with Crippen LogP contribution in [0.1, 0.15) is 5.56 Å². The van der Waals surface area contributed by atoms with Gasteiger partial charge < -0.3 is 14.4 Å². The fraction of sp³-hybridized carbons (Fsp3) is 0.333. The van der Waals surface area contributed by atoms with E-state index < -0.39 is 0 Å². The molecule has 0 radical (unpaired) electrons. The first kappa shape index (κ1) is 10.1. The van der Waals surface area contributed by atoms with Gasteiger partial charge >= 0.3 is 0 Å². The molecular formula is C12H15NO2. The van der Waals surface area contributed by atoms with Gasteiger partial charge in [-0.2, -0.15) is 0 Å². The van der Waals surface area contributed by atoms with Gasteiger partial charge in [-0.3, -0.25) is 0 Å². The van der Waals surface area contributed by atoms with Crippen molar-refractivity contribution in [2.24, 2.45) is 7.05 Å². The minimum atomic E-state index is 0.186. The van der Waals surface area contributed by atoms with E-state index in [4.69, 9.17) is 9.84 Å². The highest BCUT2D eigenvalue weighted by Gasteiger charge is 2.06. The number of hydrogen-bond donors (Lipinski definition) is 1. The highest BCUT2D eigenvalue weighted by molar-refractivity contribution is 5.85. The molecule has 3 nitrogen and oxygen atoms in total. The van der Waals surface area contributed by atoms with Gasteiger partial charge in [0.2, 0.25) is 0 Å². The van der Waals surface area contributed by atoms with Crippen LogP contribution >= 0.6 is 0 Å². The molecule has 0 atom stereocenters. The maximum atomic E-state index is 8.96. The third kappa shape index (κ3) is 1.70. The summed E-state index contributed by atoms with van der Waals surface area (Å²) in [5.74, 6) is 0.860. The van der Waals surface area contributed by atoms with E-state index in [2.05, 4.69) is 10.8 Å². The third-order valence-corrected chi connectivity index (χ3v) is 2.66. The normalized spacial score (nSPS) is 10.9. The smallest absolute Gasteiger partial charge is 0.120 e. The van der Waals surface area contributed by atoms with Crippen LogP contribution < -0.4 is 4.74 Å². The van der Waals surface area contributed by atoms with Gasteiger partial charge in [0.15, 0.2) is 0 Å². The van der Waals surface area contributed by atoms with Crippen LogP contribution in [0, 0.1) is 0 Å². The lowest BCUT2D eigenvalue weighted by Gasteiger charge is -2.01. The van der Waals surface area contributed by atoms with Gasteiger partial charge in [0.1, 0.15) is 5.75 Å². The van der Waals surface area contributed by atoms with Crippen molar-refractivity contribution in [1.82, 2.24) is 4.57 Å². The van der Waals surface area contributed by atoms with Crippen molar-refractivity contribution in [3.8, 4) is 5.75 Å². The number of ether oxygens (including phenoxy) is 1. The fourth-order valence-corrected chi connectivity index (χ4v) is 1.89. The zero-order valence-corrected chi connectivity index (χ0v) is 9.03. The molecule has 0 saturated carbocycles. The molecule has 0 amide bonds. The Morgan fingerprint density at radius 3 is 2.87 bits per heavy atom. The number of nitrogens with zero attached hydrogens (tertiary/aromatic N) is 1. The summed E-state index contributed by atoms with van der Waals surface area (Å²) in [7, 11) is 3.67. The number of aryl methyl sites for hydroxylation is 1. The molecule has 1 N–H and O–H groups in total. The zero-order chi connectivity index (χ0) is 10.8. The van der Waals surface area contributed by atoms with Crippen molar-refractivity contribution in [3.63, 3.8) is 0 Å². The summed E-state index contributed by atoms with van der Waals surface area (Å²) in [4.78, 5) is 0. The van der Waals surface area contributed by atoms with Crippen LogP contribution in [-0.2, 0) is 13.5 Å². The molecule has 0 unspecified atom stereocenters. The molecule has 1 aromatic heterocycles. The highest BCUT2D eigenvalue weighted by Crippen LogP contribution is 2.25. The van der Waals surface area contributed by atoms with Gasteiger partial charge in [0.05, 0.1) is 12.6 Å². The molecule has 0 fully saturated rings. The SMILES string of the molecule is COc1ccc2c(CCO)cn(C)c2c1. The van der Waals surface area contributed by atoms with Crippen LogP contribution in [0.5, 0.6) is 5.75 Å². The van der Waals surface area contributed by atoms with E-state index in [1.165, 1.54) is 10.9 Å². The standard InChI is InChI=1S/C12H15NO2/c1-13-8-9(5-6-14)11-4-3-10(15-2)7-12(11)13/h3-4,7-8,14H,5-6H2,1-2H3. The number of rotatable bonds is 3. The molecular weight excluding hydrogens is 190 g/mol. The minimum Gasteiger partial charge on any atom is -0.497 e. The van der Waals surface area contributed by atoms with Crippen molar-refractivity contribution >= 4 is 10.9 Å². The maximum Gasteiger partial charge on any atom is 0.120 e. The van der Waals surface area contributed by atoms with Crippen molar-refractivity contribution in [2.45, 2.75) is 6.42 Å². The molecule has 1 heterocycles. The van der Waals surface area contributed by atoms with Gasteiger partial charge in [-0.05, 0) is 24.1 Å². The quantitative estimate of drug-likeness (QED) is 0.828. The lowest BCUT2D eigenvalue weighted by Crippen LogP contribution is -1.88. The summed E-state index contributed by atoms with van der Waals surface area (Å²) < 4.78 is 7.24. The van der Waals surface area contributed by atoms with Gasteiger partial charge in [-0.1, -0.05) is 0 Å². The van der Waals surface area contributed by atoms with Crippen molar-refractivity contribution in [2.75, 3.05) is 13.7 Å². The first-order valence-electron chi connectivity index (χ1n) is 4.99. The molecule has 0 saturated heterocycles. The van der Waals surface area contributed by atoms with Crippen LogP contribution in [0.4, 0.5) is 0 Å². The zero-order valence-electron chi connectivity index (χ0n) is 9.03. The molecule has 15 heavy (non-hydrogen) atoms. The van der Waals surface area contributed by atoms with Crippen LogP contribution in [0.3, 0.4) is 0 Å². The average Bonchev–Trinajstić information content (AvgIpc) is 2.56. The van der Waals surface area contributed by atoms with Gasteiger partial charge in [0, 0.05) is 31.3 Å². The number of aliphatic hydroxyl groups excluding tert-OH is 1. The summed E-state index contributed by atoms with van der Waals surface area (Å²) in [6.07, 6.45) is 2.75. The lowest BCUT2D eigenvalue weighted by molar-refractivity contribution is 0.300. The van der Waals surface area contributed by atoms with E-state index in [-0.39, 0.29) is 6.61 Å². The van der Waals surface area contributed by atoms with Crippen LogP contribution in [0.2, 0.25) is 0 Å². The molecule has 2 aromatic rings. The molecule has 0 aliphatic rings. The van der Waals surface area contributed by atoms with E-state index in [1.807, 2.05) is 25.2 Å². The number of fused-ring (bicyclic) bond motifs is 1. The Hall–Kier alpha value is -1.48. The van der Waals surface area contributed by atoms with Gasteiger partial charge in [-0.25, -0.2) is 0 Å². The number of methoxy groups -OCH3 is 1. The number of aliphatic hydroxyl groups is 1. The van der Waals surface area contributed by atoms with E-state index in [9.17, 15) is 0 Å². The lowest BCUT2D eigenvalue weighted by atomic mass is 10.1. The Labute approximate surface area is 88.9 Å². The summed E-state index contributed by atoms with van der Waals surface area (Å²) >= 11 is 0. The van der Waals surface area contributed by atoms with Gasteiger partial charge in [0.25, 0.3) is 0 Å². The van der Waals surface area contributed by atoms with E-state index in [1.54, 1.807) is 7.11 Å². The Morgan fingerprint density at radius 2 is 2.20 bits per heavy atom. The second kappa shape index (κ2) is 3.95. The largest absolute Gasteiger partial charge is 0.497 e. The van der Waals surface area contributed by atoms with Crippen LogP contribution in [-0.4, -0.2) is 23.4 Å². The Kier molecular flexibility index (Phi) is 2.64. The van der Waals surface area contributed by atoms with Crippen molar-refractivity contribution in [1.29, 1.82) is 0 Å². The number of aromatic nitrogens is 1. The first-order valence-corrected chi connectivity index (χ1v) is 4.99. The predicted molar refractivity (Wildman–Crippen MR) is 60.3 cm³/mol. The molecule has 0 bridgehead atoms. The monoisotopic (exact) mass is 205 g/mol. The van der Waals surface area contributed by atoms with Gasteiger partial charge in [-0.15, -0.1) is 0 Å². The summed E-state index contributed by atoms with van der Waals surface area (Å²) in [6.45, 7) is 0.186. The predicted octanol–water partition coefficient (Wildman–Crippen LogP) is 1.72. The summed E-state index contributed by atoms with van der Waals surface area (Å²) in [5, 5.41) is 10.1. The average molecular weight is 205 g/mol. The minimum absolute atomic E-state index is 0.186. The first-order chi connectivity index (χ1) is 7.26. The molecule has 80 valence electrons. The molecule has 3 heteroatoms. The highest BCUT2D eigenvalue weighted by atomic mass is 16.5. The second-order valence-corrected chi connectivity index (χ2v) is 3.62. The van der Waals surface area contributed by atoms with Crippen molar-refractivity contribution < 1.29 is 9.84 Å². The Morgan fingerprint density at radius 1 is 1.40 bits per heavy atom. The van der Waals surface area contributed by atoms with Crippen LogP contribution in [0.25, 0.3) is 10.9 Å². The molecule has 0 spiro atoms. The molecule has 2 rings (SSSR count). The molecule has 0 aliphatic carbocycles. The third-order valence-electron chi connectivity index (χ3n) is 2.66. The van der Waals surface area contributed by atoms with E-state index >= 15 is 0 Å². The van der Waals surface area contributed by atoms with E-state index in [0.717, 1.165) is 11.3 Å². The summed E-state index contributed by atoms with van der Waals surface area (Å²) in [5.41, 5.74) is 2.32. The Bertz CT molecular complexity index is 474. The topological polar surface area (TPSA) is 34.4 Å². The second-order valence-electron chi connectivity index (χ2n) is 3.62. The van der Waals surface area contributed by atoms with Crippen LogP contribution in [0.15, 0.2) is 24.4 Å². The maximum absolute atomic E-state index is 8.96.